The number of carbonyl (C=O) groups is 1. The van der Waals surface area contributed by atoms with Crippen molar-refractivity contribution in [3.05, 3.63) is 84.1 Å². The highest BCUT2D eigenvalue weighted by atomic mass is 16.2. The molecule has 3 rings (SSSR count). The first-order valence-electron chi connectivity index (χ1n) is 8.74. The zero-order chi connectivity index (χ0) is 18.4. The average molecular weight is 348 g/mol. The number of anilines is 1. The van der Waals surface area contributed by atoms with Crippen LogP contribution in [0.1, 0.15) is 18.1 Å². The number of rotatable bonds is 7. The third kappa shape index (κ3) is 4.80. The van der Waals surface area contributed by atoms with Gasteiger partial charge < -0.3 is 5.32 Å². The molecule has 2 aromatic carbocycles. The van der Waals surface area contributed by atoms with Gasteiger partial charge in [-0.15, -0.1) is 0 Å². The van der Waals surface area contributed by atoms with Crippen molar-refractivity contribution in [2.45, 2.75) is 26.1 Å². The minimum atomic E-state index is -0.255. The van der Waals surface area contributed by atoms with Crippen molar-refractivity contribution in [3.8, 4) is 0 Å². The fraction of sp³-hybridized carbons (Fsp3) is 0.238. The SMILES string of the molecule is C[C@H](C(=O)Nc1ccn(Cc2ccccc2)n1)N(C)Cc1ccccc1. The maximum absolute atomic E-state index is 12.5. The average Bonchev–Trinajstić information content (AvgIpc) is 3.09. The lowest BCUT2D eigenvalue weighted by atomic mass is 10.2. The van der Waals surface area contributed by atoms with Crippen LogP contribution in [0, 0.1) is 0 Å². The summed E-state index contributed by atoms with van der Waals surface area (Å²) < 4.78 is 1.82. The van der Waals surface area contributed by atoms with Gasteiger partial charge >= 0.3 is 0 Å². The van der Waals surface area contributed by atoms with E-state index in [1.807, 2.05) is 72.2 Å². The molecule has 0 unspecified atom stereocenters. The molecule has 26 heavy (non-hydrogen) atoms. The minimum Gasteiger partial charge on any atom is -0.308 e. The Morgan fingerprint density at radius 2 is 1.65 bits per heavy atom. The maximum Gasteiger partial charge on any atom is 0.242 e. The fourth-order valence-electron chi connectivity index (χ4n) is 2.73. The molecule has 0 saturated carbocycles. The smallest absolute Gasteiger partial charge is 0.242 e. The Labute approximate surface area is 154 Å². The van der Waals surface area contributed by atoms with Crippen molar-refractivity contribution < 1.29 is 4.79 Å². The minimum absolute atomic E-state index is 0.0617. The van der Waals surface area contributed by atoms with E-state index >= 15 is 0 Å². The normalized spacial score (nSPS) is 12.1. The summed E-state index contributed by atoms with van der Waals surface area (Å²) in [6, 6.07) is 21.8. The van der Waals surface area contributed by atoms with Gasteiger partial charge in [-0.3, -0.25) is 14.4 Å². The molecule has 0 bridgehead atoms. The Balaban J connectivity index is 1.55. The van der Waals surface area contributed by atoms with Crippen LogP contribution in [0.3, 0.4) is 0 Å². The summed E-state index contributed by atoms with van der Waals surface area (Å²) >= 11 is 0. The zero-order valence-electron chi connectivity index (χ0n) is 15.2. The first-order chi connectivity index (χ1) is 12.6. The molecule has 1 aromatic heterocycles. The Bertz CT molecular complexity index is 829. The number of hydrogen-bond acceptors (Lipinski definition) is 3. The standard InChI is InChI=1S/C21H24N4O/c1-17(24(2)15-18-9-5-3-6-10-18)21(26)22-20-13-14-25(23-20)16-19-11-7-4-8-12-19/h3-14,17H,15-16H2,1-2H3,(H,22,23,26)/t17-/m1/s1. The predicted molar refractivity (Wildman–Crippen MR) is 104 cm³/mol. The monoisotopic (exact) mass is 348 g/mol. The van der Waals surface area contributed by atoms with Gasteiger partial charge in [0.15, 0.2) is 5.82 Å². The second-order valence-corrected chi connectivity index (χ2v) is 6.45. The molecule has 5 nitrogen and oxygen atoms in total. The summed E-state index contributed by atoms with van der Waals surface area (Å²) in [4.78, 5) is 14.5. The van der Waals surface area contributed by atoms with Crippen LogP contribution in [0.25, 0.3) is 0 Å². The van der Waals surface area contributed by atoms with Crippen LogP contribution in [0.5, 0.6) is 0 Å². The second kappa shape index (κ2) is 8.45. The second-order valence-electron chi connectivity index (χ2n) is 6.45. The quantitative estimate of drug-likeness (QED) is 0.712. The zero-order valence-corrected chi connectivity index (χ0v) is 15.2. The fourth-order valence-corrected chi connectivity index (χ4v) is 2.73. The lowest BCUT2D eigenvalue weighted by Gasteiger charge is -2.23. The van der Waals surface area contributed by atoms with Crippen molar-refractivity contribution in [3.63, 3.8) is 0 Å². The van der Waals surface area contributed by atoms with Crippen LogP contribution >= 0.6 is 0 Å². The number of likely N-dealkylation sites (N-methyl/N-ethyl adjacent to an activating group) is 1. The first kappa shape index (κ1) is 17.9. The number of nitrogens with zero attached hydrogens (tertiary/aromatic N) is 3. The van der Waals surface area contributed by atoms with E-state index in [0.29, 0.717) is 12.4 Å². The number of hydrogen-bond donors (Lipinski definition) is 1. The molecule has 1 N–H and O–H groups in total. The Morgan fingerprint density at radius 3 is 2.31 bits per heavy atom. The lowest BCUT2D eigenvalue weighted by molar-refractivity contribution is -0.120. The van der Waals surface area contributed by atoms with Crippen LogP contribution in [0.15, 0.2) is 72.9 Å². The molecule has 1 amide bonds. The van der Waals surface area contributed by atoms with E-state index in [1.54, 1.807) is 0 Å². The summed E-state index contributed by atoms with van der Waals surface area (Å²) in [7, 11) is 1.95. The van der Waals surface area contributed by atoms with E-state index in [1.165, 1.54) is 11.1 Å². The number of carbonyl (C=O) groups excluding carboxylic acids is 1. The van der Waals surface area contributed by atoms with Crippen LogP contribution < -0.4 is 5.32 Å². The van der Waals surface area contributed by atoms with Crippen molar-refractivity contribution in [2.75, 3.05) is 12.4 Å². The molecule has 0 spiro atoms. The summed E-state index contributed by atoms with van der Waals surface area (Å²) in [6.07, 6.45) is 1.88. The molecule has 1 atom stereocenters. The van der Waals surface area contributed by atoms with Crippen LogP contribution in [-0.2, 0) is 17.9 Å². The van der Waals surface area contributed by atoms with Gasteiger partial charge in [-0.05, 0) is 25.1 Å². The molecular weight excluding hydrogens is 324 g/mol. The molecule has 0 saturated heterocycles. The number of aromatic nitrogens is 2. The molecule has 0 aliphatic carbocycles. The van der Waals surface area contributed by atoms with Crippen molar-refractivity contribution in [1.29, 1.82) is 0 Å². The molecule has 134 valence electrons. The van der Waals surface area contributed by atoms with Crippen molar-refractivity contribution in [1.82, 2.24) is 14.7 Å². The van der Waals surface area contributed by atoms with Gasteiger partial charge in [-0.1, -0.05) is 60.7 Å². The molecule has 1 heterocycles. The molecule has 0 aliphatic rings. The van der Waals surface area contributed by atoms with Gasteiger partial charge in [0.1, 0.15) is 0 Å². The van der Waals surface area contributed by atoms with Crippen LogP contribution in [-0.4, -0.2) is 33.7 Å². The number of amides is 1. The first-order valence-corrected chi connectivity index (χ1v) is 8.74. The van der Waals surface area contributed by atoms with E-state index in [4.69, 9.17) is 0 Å². The molecule has 0 fully saturated rings. The summed E-state index contributed by atoms with van der Waals surface area (Å²) in [6.45, 7) is 3.30. The highest BCUT2D eigenvalue weighted by Gasteiger charge is 2.19. The van der Waals surface area contributed by atoms with Gasteiger partial charge in [-0.2, -0.15) is 5.10 Å². The van der Waals surface area contributed by atoms with E-state index in [0.717, 1.165) is 6.54 Å². The van der Waals surface area contributed by atoms with Gasteiger partial charge in [0.05, 0.1) is 12.6 Å². The van der Waals surface area contributed by atoms with Gasteiger partial charge in [0.2, 0.25) is 5.91 Å². The van der Waals surface area contributed by atoms with Crippen LogP contribution in [0.2, 0.25) is 0 Å². The van der Waals surface area contributed by atoms with Crippen LogP contribution in [0.4, 0.5) is 5.82 Å². The molecular formula is C21H24N4O. The van der Waals surface area contributed by atoms with Gasteiger partial charge in [0, 0.05) is 18.8 Å². The van der Waals surface area contributed by atoms with Gasteiger partial charge in [-0.25, -0.2) is 0 Å². The third-order valence-corrected chi connectivity index (χ3v) is 4.39. The number of benzene rings is 2. The molecule has 3 aromatic rings. The summed E-state index contributed by atoms with van der Waals surface area (Å²) in [5.74, 6) is 0.513. The predicted octanol–water partition coefficient (Wildman–Crippen LogP) is 3.39. The van der Waals surface area contributed by atoms with Crippen molar-refractivity contribution in [2.24, 2.45) is 0 Å². The van der Waals surface area contributed by atoms with Gasteiger partial charge in [0.25, 0.3) is 0 Å². The van der Waals surface area contributed by atoms with E-state index in [2.05, 4.69) is 34.7 Å². The number of nitrogens with one attached hydrogen (secondary N) is 1. The summed E-state index contributed by atoms with van der Waals surface area (Å²) in [5, 5.41) is 7.34. The highest BCUT2D eigenvalue weighted by molar-refractivity contribution is 5.93. The Morgan fingerprint density at radius 1 is 1.04 bits per heavy atom. The van der Waals surface area contributed by atoms with Crippen molar-refractivity contribution >= 4 is 11.7 Å². The third-order valence-electron chi connectivity index (χ3n) is 4.39. The highest BCUT2D eigenvalue weighted by Crippen LogP contribution is 2.10. The summed E-state index contributed by atoms with van der Waals surface area (Å²) in [5.41, 5.74) is 2.35. The lowest BCUT2D eigenvalue weighted by Crippen LogP contribution is -2.39. The Kier molecular flexibility index (Phi) is 5.81. The Hall–Kier alpha value is -2.92. The molecule has 0 radical (unpaired) electrons. The molecule has 0 aliphatic heterocycles. The van der Waals surface area contributed by atoms with E-state index < -0.39 is 0 Å². The largest absolute Gasteiger partial charge is 0.308 e. The van der Waals surface area contributed by atoms with E-state index in [-0.39, 0.29) is 11.9 Å². The molecule has 5 heteroatoms. The van der Waals surface area contributed by atoms with E-state index in [9.17, 15) is 4.79 Å². The maximum atomic E-state index is 12.5. The topological polar surface area (TPSA) is 50.2 Å².